The van der Waals surface area contributed by atoms with Gasteiger partial charge in [-0.1, -0.05) is 0 Å². The van der Waals surface area contributed by atoms with Gasteiger partial charge in [0.2, 0.25) is 0 Å². The van der Waals surface area contributed by atoms with Gasteiger partial charge in [-0.15, -0.1) is 11.3 Å². The Morgan fingerprint density at radius 3 is 2.70 bits per heavy atom. The van der Waals surface area contributed by atoms with Gasteiger partial charge in [-0.2, -0.15) is 0 Å². The van der Waals surface area contributed by atoms with Crippen molar-refractivity contribution >= 4 is 17.3 Å². The lowest BCUT2D eigenvalue weighted by Crippen LogP contribution is -2.20. The van der Waals surface area contributed by atoms with Crippen molar-refractivity contribution < 1.29 is 9.90 Å². The Morgan fingerprint density at radius 2 is 2.10 bits per heavy atom. The highest BCUT2D eigenvalue weighted by molar-refractivity contribution is 7.14. The summed E-state index contributed by atoms with van der Waals surface area (Å²) in [6.07, 6.45) is 4.57. The van der Waals surface area contributed by atoms with Crippen molar-refractivity contribution in [3.8, 4) is 0 Å². The molecule has 2 aromatic rings. The maximum atomic E-state index is 11.0. The molecule has 4 nitrogen and oxygen atoms in total. The number of aryl methyl sites for hydroxylation is 1. The minimum Gasteiger partial charge on any atom is -0.477 e. The molecule has 0 spiro atoms. The summed E-state index contributed by atoms with van der Waals surface area (Å²) in [5.74, 6) is -0.844. The van der Waals surface area contributed by atoms with E-state index in [4.69, 9.17) is 5.11 Å². The topological polar surface area (TPSA) is 53.4 Å². The lowest BCUT2D eigenvalue weighted by atomic mass is 10.2. The molecule has 2 aromatic heterocycles. The standard InChI is InChI=1S/C15H18N2O2S/c1-11-13(9-14(20-11)15(18)19)10-17(2)8-5-12-3-6-16-7-4-12/h3-4,6-7,9H,5,8,10H2,1-2H3,(H,18,19). The summed E-state index contributed by atoms with van der Waals surface area (Å²) in [7, 11) is 2.05. The Hall–Kier alpha value is -1.72. The van der Waals surface area contributed by atoms with Crippen LogP contribution in [0.3, 0.4) is 0 Å². The summed E-state index contributed by atoms with van der Waals surface area (Å²) in [5.41, 5.74) is 2.37. The lowest BCUT2D eigenvalue weighted by molar-refractivity contribution is 0.0702. The van der Waals surface area contributed by atoms with Gasteiger partial charge in [0.1, 0.15) is 4.88 Å². The van der Waals surface area contributed by atoms with Crippen molar-refractivity contribution in [3.63, 3.8) is 0 Å². The number of likely N-dealkylation sites (N-methyl/N-ethyl adjacent to an activating group) is 1. The molecule has 2 rings (SSSR count). The van der Waals surface area contributed by atoms with E-state index < -0.39 is 5.97 Å². The number of pyridine rings is 1. The van der Waals surface area contributed by atoms with Gasteiger partial charge < -0.3 is 10.0 Å². The molecule has 20 heavy (non-hydrogen) atoms. The molecule has 0 unspecified atom stereocenters. The molecule has 0 aliphatic carbocycles. The summed E-state index contributed by atoms with van der Waals surface area (Å²) in [6.45, 7) is 3.69. The normalized spacial score (nSPS) is 10.9. The van der Waals surface area contributed by atoms with Crippen LogP contribution in [0.15, 0.2) is 30.6 Å². The first-order chi connectivity index (χ1) is 9.56. The predicted octanol–water partition coefficient (Wildman–Crippen LogP) is 2.82. The van der Waals surface area contributed by atoms with Gasteiger partial charge in [-0.05, 0) is 49.7 Å². The minimum atomic E-state index is -0.844. The monoisotopic (exact) mass is 290 g/mol. The number of nitrogens with zero attached hydrogens (tertiary/aromatic N) is 2. The molecular weight excluding hydrogens is 272 g/mol. The van der Waals surface area contributed by atoms with Gasteiger partial charge in [0.25, 0.3) is 0 Å². The maximum absolute atomic E-state index is 11.0. The second-order valence-corrected chi connectivity index (χ2v) is 6.10. The van der Waals surface area contributed by atoms with E-state index in [0.717, 1.165) is 30.0 Å². The number of aromatic nitrogens is 1. The van der Waals surface area contributed by atoms with Crippen molar-refractivity contribution in [3.05, 3.63) is 51.5 Å². The molecule has 2 heterocycles. The third-order valence-electron chi connectivity index (χ3n) is 3.20. The molecule has 5 heteroatoms. The Morgan fingerprint density at radius 1 is 1.40 bits per heavy atom. The molecule has 0 radical (unpaired) electrons. The first-order valence-corrected chi connectivity index (χ1v) is 7.28. The second kappa shape index (κ2) is 6.63. The van der Waals surface area contributed by atoms with Gasteiger partial charge in [-0.3, -0.25) is 4.98 Å². The van der Waals surface area contributed by atoms with Crippen LogP contribution in [-0.2, 0) is 13.0 Å². The molecule has 0 amide bonds. The number of carboxylic acid groups (broad SMARTS) is 1. The fourth-order valence-corrected chi connectivity index (χ4v) is 2.89. The minimum absolute atomic E-state index is 0.417. The molecule has 0 bridgehead atoms. The van der Waals surface area contributed by atoms with Crippen LogP contribution in [-0.4, -0.2) is 34.6 Å². The average Bonchev–Trinajstić information content (AvgIpc) is 2.79. The fourth-order valence-electron chi connectivity index (χ4n) is 2.02. The van der Waals surface area contributed by atoms with Crippen molar-refractivity contribution in [1.82, 2.24) is 9.88 Å². The molecule has 0 atom stereocenters. The molecule has 0 aromatic carbocycles. The van der Waals surface area contributed by atoms with Crippen LogP contribution in [0.2, 0.25) is 0 Å². The van der Waals surface area contributed by atoms with Gasteiger partial charge >= 0.3 is 5.97 Å². The first kappa shape index (κ1) is 14.7. The average molecular weight is 290 g/mol. The number of thiophene rings is 1. The van der Waals surface area contributed by atoms with Crippen LogP contribution in [0, 0.1) is 6.92 Å². The quantitative estimate of drug-likeness (QED) is 0.889. The maximum Gasteiger partial charge on any atom is 0.345 e. The number of aromatic carboxylic acids is 1. The summed E-state index contributed by atoms with van der Waals surface area (Å²) in [4.78, 5) is 18.7. The third kappa shape index (κ3) is 3.88. The summed E-state index contributed by atoms with van der Waals surface area (Å²) < 4.78 is 0. The van der Waals surface area contributed by atoms with Crippen LogP contribution in [0.1, 0.15) is 25.7 Å². The zero-order chi connectivity index (χ0) is 14.5. The number of carboxylic acids is 1. The Bertz CT molecular complexity index is 581. The van der Waals surface area contributed by atoms with E-state index >= 15 is 0 Å². The van der Waals surface area contributed by atoms with E-state index in [1.165, 1.54) is 16.9 Å². The molecule has 106 valence electrons. The number of hydrogen-bond acceptors (Lipinski definition) is 4. The van der Waals surface area contributed by atoms with Gasteiger partial charge in [0.15, 0.2) is 0 Å². The highest BCUT2D eigenvalue weighted by atomic mass is 32.1. The van der Waals surface area contributed by atoms with E-state index in [1.54, 1.807) is 18.5 Å². The highest BCUT2D eigenvalue weighted by Crippen LogP contribution is 2.22. The van der Waals surface area contributed by atoms with Crippen molar-refractivity contribution in [2.24, 2.45) is 0 Å². The zero-order valence-corrected chi connectivity index (χ0v) is 12.5. The molecule has 1 N–H and O–H groups in total. The predicted molar refractivity (Wildman–Crippen MR) is 80.3 cm³/mol. The Balaban J connectivity index is 1.91. The van der Waals surface area contributed by atoms with Crippen LogP contribution in [0.4, 0.5) is 0 Å². The summed E-state index contributed by atoms with van der Waals surface area (Å²) >= 11 is 1.34. The van der Waals surface area contributed by atoms with Crippen molar-refractivity contribution in [2.45, 2.75) is 19.9 Å². The number of hydrogen-bond donors (Lipinski definition) is 1. The van der Waals surface area contributed by atoms with Crippen molar-refractivity contribution in [1.29, 1.82) is 0 Å². The SMILES string of the molecule is Cc1sc(C(=O)O)cc1CN(C)CCc1ccncc1. The summed E-state index contributed by atoms with van der Waals surface area (Å²) in [5, 5.41) is 9.00. The smallest absolute Gasteiger partial charge is 0.345 e. The van der Waals surface area contributed by atoms with E-state index in [9.17, 15) is 4.79 Å². The van der Waals surface area contributed by atoms with E-state index in [0.29, 0.717) is 4.88 Å². The highest BCUT2D eigenvalue weighted by Gasteiger charge is 2.12. The van der Waals surface area contributed by atoms with E-state index in [2.05, 4.69) is 16.9 Å². The van der Waals surface area contributed by atoms with Crippen LogP contribution in [0.25, 0.3) is 0 Å². The van der Waals surface area contributed by atoms with Crippen molar-refractivity contribution in [2.75, 3.05) is 13.6 Å². The van der Waals surface area contributed by atoms with Gasteiger partial charge in [0, 0.05) is 30.4 Å². The molecule has 0 fully saturated rings. The van der Waals surface area contributed by atoms with Crippen LogP contribution >= 0.6 is 11.3 Å². The fraction of sp³-hybridized carbons (Fsp3) is 0.333. The lowest BCUT2D eigenvalue weighted by Gasteiger charge is -2.16. The summed E-state index contributed by atoms with van der Waals surface area (Å²) in [6, 6.07) is 5.82. The Kier molecular flexibility index (Phi) is 4.87. The molecular formula is C15H18N2O2S. The zero-order valence-electron chi connectivity index (χ0n) is 11.7. The van der Waals surface area contributed by atoms with E-state index in [-0.39, 0.29) is 0 Å². The molecule has 0 saturated carbocycles. The second-order valence-electron chi connectivity index (χ2n) is 4.84. The van der Waals surface area contributed by atoms with E-state index in [1.807, 2.05) is 19.1 Å². The number of rotatable bonds is 6. The number of carbonyl (C=O) groups is 1. The van der Waals surface area contributed by atoms with Crippen LogP contribution < -0.4 is 0 Å². The van der Waals surface area contributed by atoms with Gasteiger partial charge in [-0.25, -0.2) is 4.79 Å². The first-order valence-electron chi connectivity index (χ1n) is 6.46. The molecule has 0 aliphatic rings. The Labute approximate surface area is 122 Å². The molecule has 0 aliphatic heterocycles. The third-order valence-corrected chi connectivity index (χ3v) is 4.28. The van der Waals surface area contributed by atoms with Crippen LogP contribution in [0.5, 0.6) is 0 Å². The van der Waals surface area contributed by atoms with Gasteiger partial charge in [0.05, 0.1) is 0 Å². The molecule has 0 saturated heterocycles. The largest absolute Gasteiger partial charge is 0.477 e.